The minimum atomic E-state index is -0.114. The Morgan fingerprint density at radius 1 is 1.22 bits per heavy atom. The Kier molecular flexibility index (Phi) is 5.27. The Balaban J connectivity index is 1.42. The maximum atomic E-state index is 12.3. The molecule has 2 aliphatic rings. The first-order chi connectivity index (χ1) is 13.2. The number of ether oxygens (including phenoxy) is 1. The molecule has 0 radical (unpaired) electrons. The minimum Gasteiger partial charge on any atom is -0.376 e. The van der Waals surface area contributed by atoms with Gasteiger partial charge >= 0.3 is 0 Å². The number of amides is 2. The first kappa shape index (κ1) is 17.8. The van der Waals surface area contributed by atoms with Gasteiger partial charge in [-0.15, -0.1) is 0 Å². The third kappa shape index (κ3) is 4.23. The molecule has 6 heteroatoms. The molecule has 2 aromatic carbocycles. The molecular weight excluding hydrogens is 360 g/mol. The Morgan fingerprint density at radius 3 is 2.81 bits per heavy atom. The number of thioether (sulfide) groups is 1. The number of carbonyl (C=O) groups is 2. The van der Waals surface area contributed by atoms with E-state index in [-0.39, 0.29) is 17.9 Å². The first-order valence-electron chi connectivity index (χ1n) is 8.99. The highest BCUT2D eigenvalue weighted by Gasteiger charge is 2.20. The summed E-state index contributed by atoms with van der Waals surface area (Å²) in [6, 6.07) is 15.0. The van der Waals surface area contributed by atoms with Crippen LogP contribution in [-0.2, 0) is 9.53 Å². The van der Waals surface area contributed by atoms with Gasteiger partial charge in [0.25, 0.3) is 11.8 Å². The van der Waals surface area contributed by atoms with E-state index >= 15 is 0 Å². The summed E-state index contributed by atoms with van der Waals surface area (Å²) in [5, 5.41) is 5.81. The number of fused-ring (bicyclic) bond motifs is 1. The molecule has 27 heavy (non-hydrogen) atoms. The lowest BCUT2D eigenvalue weighted by atomic mass is 10.1. The summed E-state index contributed by atoms with van der Waals surface area (Å²) in [4.78, 5) is 26.2. The van der Waals surface area contributed by atoms with Crippen molar-refractivity contribution in [2.75, 3.05) is 18.5 Å². The van der Waals surface area contributed by atoms with Crippen LogP contribution in [0.5, 0.6) is 0 Å². The molecular formula is C21H20N2O3S. The van der Waals surface area contributed by atoms with Gasteiger partial charge in [0.05, 0.1) is 16.7 Å². The van der Waals surface area contributed by atoms with Crippen molar-refractivity contribution in [2.45, 2.75) is 23.8 Å². The molecule has 2 aliphatic heterocycles. The second kappa shape index (κ2) is 7.98. The molecule has 1 saturated heterocycles. The zero-order valence-electron chi connectivity index (χ0n) is 14.7. The molecule has 5 nitrogen and oxygen atoms in total. The third-order valence-electron chi connectivity index (χ3n) is 4.56. The zero-order chi connectivity index (χ0) is 18.6. The van der Waals surface area contributed by atoms with E-state index in [0.717, 1.165) is 35.6 Å². The molecule has 0 saturated carbocycles. The standard InChI is InChI=1S/C21H20N2O3S/c24-20(22-13-16-4-3-11-26-16)15-9-7-14(8-10-15)12-19-21(25)23-17-5-1-2-6-18(17)27-19/h1-2,5-10,12,16H,3-4,11,13H2,(H,22,24)(H,23,25). The maximum absolute atomic E-state index is 12.3. The first-order valence-corrected chi connectivity index (χ1v) is 9.80. The lowest BCUT2D eigenvalue weighted by Gasteiger charge is -2.18. The number of hydrogen-bond acceptors (Lipinski definition) is 4. The topological polar surface area (TPSA) is 67.4 Å². The summed E-state index contributed by atoms with van der Waals surface area (Å²) in [7, 11) is 0. The van der Waals surface area contributed by atoms with E-state index in [1.165, 1.54) is 11.8 Å². The summed E-state index contributed by atoms with van der Waals surface area (Å²) < 4.78 is 5.52. The molecule has 0 bridgehead atoms. The van der Waals surface area contributed by atoms with Gasteiger partial charge in [-0.05, 0) is 48.7 Å². The van der Waals surface area contributed by atoms with Gasteiger partial charge in [0.2, 0.25) is 0 Å². The summed E-state index contributed by atoms with van der Waals surface area (Å²) in [6.07, 6.45) is 4.02. The lowest BCUT2D eigenvalue weighted by Crippen LogP contribution is -2.31. The predicted molar refractivity (Wildman–Crippen MR) is 107 cm³/mol. The average Bonchev–Trinajstić information content (AvgIpc) is 3.21. The van der Waals surface area contributed by atoms with Gasteiger partial charge in [0, 0.05) is 23.6 Å². The van der Waals surface area contributed by atoms with Crippen molar-refractivity contribution in [2.24, 2.45) is 0 Å². The largest absolute Gasteiger partial charge is 0.376 e. The van der Waals surface area contributed by atoms with Crippen molar-refractivity contribution in [3.05, 3.63) is 64.6 Å². The molecule has 2 N–H and O–H groups in total. The number of para-hydroxylation sites is 1. The maximum Gasteiger partial charge on any atom is 0.262 e. The fourth-order valence-electron chi connectivity index (χ4n) is 3.10. The second-order valence-electron chi connectivity index (χ2n) is 6.53. The van der Waals surface area contributed by atoms with E-state index in [1.807, 2.05) is 42.5 Å². The van der Waals surface area contributed by atoms with Crippen molar-refractivity contribution in [3.63, 3.8) is 0 Å². The number of hydrogen-bond donors (Lipinski definition) is 2. The van der Waals surface area contributed by atoms with Gasteiger partial charge in [-0.2, -0.15) is 0 Å². The lowest BCUT2D eigenvalue weighted by molar-refractivity contribution is -0.112. The van der Waals surface area contributed by atoms with E-state index < -0.39 is 0 Å². The Bertz CT molecular complexity index is 887. The Hall–Kier alpha value is -2.57. The second-order valence-corrected chi connectivity index (χ2v) is 7.61. The van der Waals surface area contributed by atoms with Crippen molar-refractivity contribution in [1.29, 1.82) is 0 Å². The number of benzene rings is 2. The van der Waals surface area contributed by atoms with Crippen LogP contribution in [0.3, 0.4) is 0 Å². The quantitative estimate of drug-likeness (QED) is 0.794. The van der Waals surface area contributed by atoms with Gasteiger partial charge in [-0.1, -0.05) is 36.0 Å². The Morgan fingerprint density at radius 2 is 2.04 bits per heavy atom. The highest BCUT2D eigenvalue weighted by atomic mass is 32.2. The molecule has 1 unspecified atom stereocenters. The van der Waals surface area contributed by atoms with Gasteiger partial charge in [0.1, 0.15) is 0 Å². The van der Waals surface area contributed by atoms with Crippen LogP contribution < -0.4 is 10.6 Å². The van der Waals surface area contributed by atoms with Gasteiger partial charge in [-0.25, -0.2) is 0 Å². The molecule has 2 aromatic rings. The van der Waals surface area contributed by atoms with E-state index in [4.69, 9.17) is 4.74 Å². The molecule has 0 aliphatic carbocycles. The molecule has 1 atom stereocenters. The molecule has 0 aromatic heterocycles. The monoisotopic (exact) mass is 380 g/mol. The van der Waals surface area contributed by atoms with Crippen LogP contribution >= 0.6 is 11.8 Å². The normalized spacial score (nSPS) is 20.2. The molecule has 0 spiro atoms. The van der Waals surface area contributed by atoms with E-state index in [2.05, 4.69) is 10.6 Å². The summed E-state index contributed by atoms with van der Waals surface area (Å²) in [5.74, 6) is -0.222. The van der Waals surface area contributed by atoms with Crippen molar-refractivity contribution < 1.29 is 14.3 Å². The number of nitrogens with one attached hydrogen (secondary N) is 2. The van der Waals surface area contributed by atoms with Crippen LogP contribution in [0.4, 0.5) is 5.69 Å². The number of anilines is 1. The average molecular weight is 380 g/mol. The molecule has 4 rings (SSSR count). The van der Waals surface area contributed by atoms with Crippen LogP contribution in [0.25, 0.3) is 6.08 Å². The van der Waals surface area contributed by atoms with E-state index in [9.17, 15) is 9.59 Å². The minimum absolute atomic E-state index is 0.108. The van der Waals surface area contributed by atoms with E-state index in [1.54, 1.807) is 12.1 Å². The smallest absolute Gasteiger partial charge is 0.262 e. The van der Waals surface area contributed by atoms with Crippen molar-refractivity contribution in [1.82, 2.24) is 5.32 Å². The SMILES string of the molecule is O=C1Nc2ccccc2SC1=Cc1ccc(C(=O)NCC2CCCO2)cc1. The molecule has 1 fully saturated rings. The van der Waals surface area contributed by atoms with Gasteiger partial charge in [-0.3, -0.25) is 9.59 Å². The van der Waals surface area contributed by atoms with Crippen molar-refractivity contribution >= 4 is 35.3 Å². The van der Waals surface area contributed by atoms with Crippen molar-refractivity contribution in [3.8, 4) is 0 Å². The zero-order valence-corrected chi connectivity index (χ0v) is 15.6. The fourth-order valence-corrected chi connectivity index (χ4v) is 4.05. The van der Waals surface area contributed by atoms with Gasteiger partial charge < -0.3 is 15.4 Å². The fraction of sp³-hybridized carbons (Fsp3) is 0.238. The highest BCUT2D eigenvalue weighted by Crippen LogP contribution is 2.38. The van der Waals surface area contributed by atoms with Crippen LogP contribution in [0, 0.1) is 0 Å². The molecule has 2 heterocycles. The molecule has 2 amide bonds. The van der Waals surface area contributed by atoms with Crippen LogP contribution in [0.2, 0.25) is 0 Å². The summed E-state index contributed by atoms with van der Waals surface area (Å²) in [6.45, 7) is 1.32. The van der Waals surface area contributed by atoms with Crippen LogP contribution in [0.1, 0.15) is 28.8 Å². The summed E-state index contributed by atoms with van der Waals surface area (Å²) >= 11 is 1.45. The number of rotatable bonds is 4. The van der Waals surface area contributed by atoms with Crippen LogP contribution in [-0.4, -0.2) is 31.1 Å². The third-order valence-corrected chi connectivity index (χ3v) is 5.66. The van der Waals surface area contributed by atoms with E-state index in [0.29, 0.717) is 17.0 Å². The Labute approximate surface area is 162 Å². The number of carbonyl (C=O) groups excluding carboxylic acids is 2. The van der Waals surface area contributed by atoms with Crippen LogP contribution in [0.15, 0.2) is 58.3 Å². The summed E-state index contributed by atoms with van der Waals surface area (Å²) in [5.41, 5.74) is 2.31. The highest BCUT2D eigenvalue weighted by molar-refractivity contribution is 8.04. The van der Waals surface area contributed by atoms with Gasteiger partial charge in [0.15, 0.2) is 0 Å². The molecule has 138 valence electrons. The predicted octanol–water partition coefficient (Wildman–Crippen LogP) is 3.68.